The summed E-state index contributed by atoms with van der Waals surface area (Å²) in [5.41, 5.74) is 0.408. The van der Waals surface area contributed by atoms with Gasteiger partial charge >= 0.3 is 0 Å². The summed E-state index contributed by atoms with van der Waals surface area (Å²) < 4.78 is 0. The van der Waals surface area contributed by atoms with Crippen molar-refractivity contribution in [3.63, 3.8) is 0 Å². The van der Waals surface area contributed by atoms with Crippen LogP contribution >= 0.6 is 22.9 Å². The second-order valence-electron chi connectivity index (χ2n) is 4.27. The van der Waals surface area contributed by atoms with E-state index in [0.717, 1.165) is 11.7 Å². The van der Waals surface area contributed by atoms with Gasteiger partial charge in [-0.05, 0) is 18.3 Å². The fourth-order valence-electron chi connectivity index (χ4n) is 1.69. The molecule has 1 aliphatic carbocycles. The van der Waals surface area contributed by atoms with Crippen LogP contribution in [0.4, 0.5) is 5.13 Å². The van der Waals surface area contributed by atoms with E-state index in [9.17, 15) is 0 Å². The van der Waals surface area contributed by atoms with Crippen molar-refractivity contribution in [3.05, 3.63) is 10.0 Å². The number of rotatable bonds is 3. The summed E-state index contributed by atoms with van der Waals surface area (Å²) in [6.45, 7) is 3.19. The molecular formula is C10H12ClN3S. The molecule has 1 N–H and O–H groups in total. The minimum Gasteiger partial charge on any atom is -0.361 e. The molecule has 1 aromatic rings. The van der Waals surface area contributed by atoms with E-state index in [2.05, 4.69) is 17.2 Å². The topological polar surface area (TPSA) is 48.7 Å². The van der Waals surface area contributed by atoms with Gasteiger partial charge in [0.05, 0.1) is 0 Å². The number of thiazole rings is 1. The molecule has 1 aromatic heterocycles. The van der Waals surface area contributed by atoms with Crippen molar-refractivity contribution in [1.29, 1.82) is 5.26 Å². The quantitative estimate of drug-likeness (QED) is 0.884. The lowest BCUT2D eigenvalue weighted by atomic mass is 9.70. The van der Waals surface area contributed by atoms with Gasteiger partial charge in [-0.3, -0.25) is 0 Å². The predicted molar refractivity (Wildman–Crippen MR) is 62.3 cm³/mol. The van der Waals surface area contributed by atoms with Gasteiger partial charge in [-0.1, -0.05) is 36.3 Å². The van der Waals surface area contributed by atoms with Crippen LogP contribution in [0.15, 0.2) is 0 Å². The van der Waals surface area contributed by atoms with E-state index in [1.54, 1.807) is 0 Å². The van der Waals surface area contributed by atoms with Gasteiger partial charge < -0.3 is 5.32 Å². The normalized spacial score (nSPS) is 17.9. The van der Waals surface area contributed by atoms with Gasteiger partial charge in [0.1, 0.15) is 10.9 Å². The molecule has 3 nitrogen and oxygen atoms in total. The maximum absolute atomic E-state index is 8.73. The number of nitrogens with zero attached hydrogens (tertiary/aromatic N) is 2. The average Bonchev–Trinajstić information content (AvgIpc) is 2.53. The Kier molecular flexibility index (Phi) is 2.85. The molecule has 0 spiro atoms. The molecule has 0 bridgehead atoms. The lowest BCUT2D eigenvalue weighted by Gasteiger charge is -2.38. The molecule has 0 amide bonds. The van der Waals surface area contributed by atoms with E-state index in [-0.39, 0.29) is 0 Å². The van der Waals surface area contributed by atoms with Crippen molar-refractivity contribution >= 4 is 28.1 Å². The number of anilines is 1. The maximum atomic E-state index is 8.73. The summed E-state index contributed by atoms with van der Waals surface area (Å²) >= 11 is 7.10. The smallest absolute Gasteiger partial charge is 0.185 e. The standard InChI is InChI=1S/C10H12ClN3S/c1-10(3-2-4-10)6-13-9-14-8(11)7(5-12)15-9/h2-4,6H2,1H3,(H,13,14). The zero-order valence-corrected chi connectivity index (χ0v) is 10.1. The summed E-state index contributed by atoms with van der Waals surface area (Å²) in [5.74, 6) is 0. The Morgan fingerprint density at radius 3 is 2.87 bits per heavy atom. The molecule has 1 fully saturated rings. The Labute approximate surface area is 98.1 Å². The van der Waals surface area contributed by atoms with Crippen LogP contribution in [0.1, 0.15) is 31.1 Å². The van der Waals surface area contributed by atoms with Gasteiger partial charge in [0, 0.05) is 6.54 Å². The monoisotopic (exact) mass is 241 g/mol. The van der Waals surface area contributed by atoms with Crippen LogP contribution in [0.5, 0.6) is 0 Å². The molecule has 2 rings (SSSR count). The summed E-state index contributed by atoms with van der Waals surface area (Å²) in [4.78, 5) is 4.58. The number of nitriles is 1. The molecular weight excluding hydrogens is 230 g/mol. The highest BCUT2D eigenvalue weighted by Gasteiger charge is 2.31. The lowest BCUT2D eigenvalue weighted by Crippen LogP contribution is -2.33. The zero-order chi connectivity index (χ0) is 10.9. The highest BCUT2D eigenvalue weighted by molar-refractivity contribution is 7.16. The molecule has 5 heteroatoms. The zero-order valence-electron chi connectivity index (χ0n) is 8.51. The Morgan fingerprint density at radius 2 is 2.40 bits per heavy atom. The van der Waals surface area contributed by atoms with Crippen molar-refractivity contribution in [2.24, 2.45) is 5.41 Å². The number of hydrogen-bond donors (Lipinski definition) is 1. The van der Waals surface area contributed by atoms with Crippen LogP contribution in [0.25, 0.3) is 0 Å². The fourth-order valence-corrected chi connectivity index (χ4v) is 2.63. The molecule has 0 aliphatic heterocycles. The number of nitrogens with one attached hydrogen (secondary N) is 1. The van der Waals surface area contributed by atoms with Crippen molar-refractivity contribution < 1.29 is 0 Å². The lowest BCUT2D eigenvalue weighted by molar-refractivity contribution is 0.180. The third kappa shape index (κ3) is 2.24. The second kappa shape index (κ2) is 3.99. The predicted octanol–water partition coefficient (Wildman–Crippen LogP) is 3.27. The van der Waals surface area contributed by atoms with Gasteiger partial charge in [0.2, 0.25) is 0 Å². The molecule has 1 aliphatic rings. The Hall–Kier alpha value is -0.790. The molecule has 1 saturated carbocycles. The largest absolute Gasteiger partial charge is 0.361 e. The fraction of sp³-hybridized carbons (Fsp3) is 0.600. The Balaban J connectivity index is 1.96. The number of hydrogen-bond acceptors (Lipinski definition) is 4. The van der Waals surface area contributed by atoms with E-state index in [1.807, 2.05) is 6.07 Å². The first-order valence-electron chi connectivity index (χ1n) is 4.93. The SMILES string of the molecule is CC1(CNc2nc(Cl)c(C#N)s2)CCC1. The highest BCUT2D eigenvalue weighted by Crippen LogP contribution is 2.40. The third-order valence-corrected chi connectivity index (χ3v) is 4.22. The van der Waals surface area contributed by atoms with Crippen LogP contribution in [-0.2, 0) is 0 Å². The van der Waals surface area contributed by atoms with Crippen LogP contribution in [0.2, 0.25) is 5.15 Å². The molecule has 0 unspecified atom stereocenters. The van der Waals surface area contributed by atoms with Crippen molar-refractivity contribution in [2.75, 3.05) is 11.9 Å². The summed E-state index contributed by atoms with van der Waals surface area (Å²) in [7, 11) is 0. The molecule has 0 saturated heterocycles. The first kappa shape index (κ1) is 10.7. The van der Waals surface area contributed by atoms with Crippen molar-refractivity contribution in [3.8, 4) is 6.07 Å². The summed E-state index contributed by atoms with van der Waals surface area (Å²) in [6, 6.07) is 2.02. The van der Waals surface area contributed by atoms with Gasteiger partial charge in [0.15, 0.2) is 10.3 Å². The van der Waals surface area contributed by atoms with Gasteiger partial charge in [-0.2, -0.15) is 5.26 Å². The van der Waals surface area contributed by atoms with Crippen LogP contribution < -0.4 is 5.32 Å². The van der Waals surface area contributed by atoms with Crippen LogP contribution in [0, 0.1) is 16.7 Å². The summed E-state index contributed by atoms with van der Waals surface area (Å²) in [6.07, 6.45) is 3.86. The Bertz CT molecular complexity index is 403. The Morgan fingerprint density at radius 1 is 1.67 bits per heavy atom. The maximum Gasteiger partial charge on any atom is 0.185 e. The van der Waals surface area contributed by atoms with E-state index in [4.69, 9.17) is 16.9 Å². The minimum absolute atomic E-state index is 0.309. The first-order valence-corrected chi connectivity index (χ1v) is 6.13. The molecule has 15 heavy (non-hydrogen) atoms. The second-order valence-corrected chi connectivity index (χ2v) is 5.63. The third-order valence-electron chi connectivity index (χ3n) is 2.91. The molecule has 80 valence electrons. The van der Waals surface area contributed by atoms with Crippen molar-refractivity contribution in [2.45, 2.75) is 26.2 Å². The minimum atomic E-state index is 0.309. The van der Waals surface area contributed by atoms with Crippen molar-refractivity contribution in [1.82, 2.24) is 4.98 Å². The molecule has 1 heterocycles. The number of halogens is 1. The van der Waals surface area contributed by atoms with E-state index in [1.165, 1.54) is 30.6 Å². The highest BCUT2D eigenvalue weighted by atomic mass is 35.5. The number of aromatic nitrogens is 1. The van der Waals surface area contributed by atoms with Gasteiger partial charge in [0.25, 0.3) is 0 Å². The molecule has 0 atom stereocenters. The van der Waals surface area contributed by atoms with Crippen LogP contribution in [0.3, 0.4) is 0 Å². The van der Waals surface area contributed by atoms with E-state index < -0.39 is 0 Å². The molecule has 0 radical (unpaired) electrons. The first-order chi connectivity index (χ1) is 7.13. The van der Waals surface area contributed by atoms with E-state index >= 15 is 0 Å². The van der Waals surface area contributed by atoms with Gasteiger partial charge in [-0.25, -0.2) is 4.98 Å². The average molecular weight is 242 g/mol. The van der Waals surface area contributed by atoms with Gasteiger partial charge in [-0.15, -0.1) is 0 Å². The summed E-state index contributed by atoms with van der Waals surface area (Å²) in [5, 5.41) is 13.0. The molecule has 0 aromatic carbocycles. The van der Waals surface area contributed by atoms with Crippen LogP contribution in [-0.4, -0.2) is 11.5 Å². The van der Waals surface area contributed by atoms with E-state index in [0.29, 0.717) is 15.4 Å².